The van der Waals surface area contributed by atoms with Crippen LogP contribution < -0.4 is 10.5 Å². The van der Waals surface area contributed by atoms with Crippen LogP contribution in [0.3, 0.4) is 0 Å². The second kappa shape index (κ2) is 7.94. The van der Waals surface area contributed by atoms with E-state index in [9.17, 15) is 9.59 Å². The standard InChI is InChI=1S/C21H26N4O2/c26-20-13-19(14-22-25(20)15-17-7-2-1-3-8-17)24-12-6-9-18(16-24)21(27)23-10-4-5-11-23/h1-3,7-8,13-14,18H,4-6,9-12,15-16H2/t18-/m0/s1. The Hall–Kier alpha value is -2.63. The normalized spacial score (nSPS) is 20.1. The first kappa shape index (κ1) is 17.8. The molecule has 1 amide bonds. The van der Waals surface area contributed by atoms with Crippen LogP contribution >= 0.6 is 0 Å². The number of hydrogen-bond acceptors (Lipinski definition) is 4. The highest BCUT2D eigenvalue weighted by molar-refractivity contribution is 5.80. The average Bonchev–Trinajstić information content (AvgIpc) is 3.25. The summed E-state index contributed by atoms with van der Waals surface area (Å²) in [6.07, 6.45) is 5.90. The van der Waals surface area contributed by atoms with Crippen molar-refractivity contribution in [2.45, 2.75) is 32.2 Å². The quantitative estimate of drug-likeness (QED) is 0.832. The molecule has 6 heteroatoms. The lowest BCUT2D eigenvalue weighted by molar-refractivity contribution is -0.134. The van der Waals surface area contributed by atoms with Crippen molar-refractivity contribution >= 4 is 11.6 Å². The van der Waals surface area contributed by atoms with E-state index in [0.29, 0.717) is 13.1 Å². The van der Waals surface area contributed by atoms with E-state index < -0.39 is 0 Å². The number of nitrogens with zero attached hydrogens (tertiary/aromatic N) is 4. The van der Waals surface area contributed by atoms with E-state index >= 15 is 0 Å². The van der Waals surface area contributed by atoms with Crippen molar-refractivity contribution in [1.29, 1.82) is 0 Å². The molecule has 27 heavy (non-hydrogen) atoms. The molecule has 3 heterocycles. The zero-order valence-corrected chi connectivity index (χ0v) is 15.6. The lowest BCUT2D eigenvalue weighted by Crippen LogP contribution is -2.44. The molecule has 4 rings (SSSR count). The van der Waals surface area contributed by atoms with Gasteiger partial charge in [-0.05, 0) is 31.2 Å². The number of rotatable bonds is 4. The molecular formula is C21H26N4O2. The predicted octanol–water partition coefficient (Wildman–Crippen LogP) is 2.13. The summed E-state index contributed by atoms with van der Waals surface area (Å²) in [6, 6.07) is 11.5. The number of aromatic nitrogens is 2. The van der Waals surface area contributed by atoms with Crippen LogP contribution in [0.1, 0.15) is 31.2 Å². The molecular weight excluding hydrogens is 340 g/mol. The molecule has 2 aromatic rings. The molecule has 0 aliphatic carbocycles. The molecule has 0 bridgehead atoms. The molecule has 6 nitrogen and oxygen atoms in total. The van der Waals surface area contributed by atoms with Crippen LogP contribution in [0.15, 0.2) is 47.4 Å². The molecule has 0 N–H and O–H groups in total. The molecule has 142 valence electrons. The number of anilines is 1. The summed E-state index contributed by atoms with van der Waals surface area (Å²) in [5.74, 6) is 0.311. The van der Waals surface area contributed by atoms with Gasteiger partial charge in [0, 0.05) is 32.2 Å². The highest BCUT2D eigenvalue weighted by Gasteiger charge is 2.30. The highest BCUT2D eigenvalue weighted by atomic mass is 16.2. The summed E-state index contributed by atoms with van der Waals surface area (Å²) < 4.78 is 1.48. The Morgan fingerprint density at radius 1 is 1.07 bits per heavy atom. The van der Waals surface area contributed by atoms with Crippen molar-refractivity contribution < 1.29 is 4.79 Å². The second-order valence-corrected chi connectivity index (χ2v) is 7.51. The lowest BCUT2D eigenvalue weighted by atomic mass is 9.96. The number of amides is 1. The minimum atomic E-state index is -0.107. The third kappa shape index (κ3) is 4.04. The number of piperidine rings is 1. The maximum absolute atomic E-state index is 12.7. The van der Waals surface area contributed by atoms with Crippen LogP contribution in [-0.2, 0) is 11.3 Å². The Labute approximate surface area is 159 Å². The van der Waals surface area contributed by atoms with Gasteiger partial charge in [-0.3, -0.25) is 9.59 Å². The average molecular weight is 366 g/mol. The summed E-state index contributed by atoms with van der Waals surface area (Å²) >= 11 is 0. The molecule has 2 fully saturated rings. The molecule has 1 aromatic heterocycles. The predicted molar refractivity (Wildman–Crippen MR) is 105 cm³/mol. The minimum Gasteiger partial charge on any atom is -0.369 e. The van der Waals surface area contributed by atoms with Crippen LogP contribution in [0, 0.1) is 5.92 Å². The van der Waals surface area contributed by atoms with Gasteiger partial charge < -0.3 is 9.80 Å². The number of benzene rings is 1. The van der Waals surface area contributed by atoms with Gasteiger partial charge in [0.1, 0.15) is 0 Å². The number of likely N-dealkylation sites (tertiary alicyclic amines) is 1. The van der Waals surface area contributed by atoms with Crippen LogP contribution in [0.5, 0.6) is 0 Å². The van der Waals surface area contributed by atoms with Crippen LogP contribution in [0.4, 0.5) is 5.69 Å². The van der Waals surface area contributed by atoms with Crippen molar-refractivity contribution in [3.63, 3.8) is 0 Å². The Morgan fingerprint density at radius 2 is 1.85 bits per heavy atom. The van der Waals surface area contributed by atoms with Crippen molar-refractivity contribution in [2.24, 2.45) is 5.92 Å². The minimum absolute atomic E-state index is 0.0311. The number of carbonyl (C=O) groups excluding carboxylic acids is 1. The van der Waals surface area contributed by atoms with Gasteiger partial charge in [0.2, 0.25) is 5.91 Å². The fourth-order valence-corrected chi connectivity index (χ4v) is 4.08. The van der Waals surface area contributed by atoms with E-state index in [1.807, 2.05) is 35.2 Å². The summed E-state index contributed by atoms with van der Waals surface area (Å²) in [4.78, 5) is 29.4. The number of carbonyl (C=O) groups is 1. The molecule has 2 aliphatic rings. The Kier molecular flexibility index (Phi) is 5.23. The van der Waals surface area contributed by atoms with Gasteiger partial charge in [0.25, 0.3) is 5.56 Å². The molecule has 0 radical (unpaired) electrons. The third-order valence-electron chi connectivity index (χ3n) is 5.58. The SMILES string of the molecule is O=C([C@H]1CCCN(c2cnn(Cc3ccccc3)c(=O)c2)C1)N1CCCC1. The van der Waals surface area contributed by atoms with Crippen molar-refractivity contribution in [3.8, 4) is 0 Å². The van der Waals surface area contributed by atoms with Crippen molar-refractivity contribution in [1.82, 2.24) is 14.7 Å². The maximum atomic E-state index is 12.7. The van der Waals surface area contributed by atoms with E-state index in [2.05, 4.69) is 10.00 Å². The molecule has 0 spiro atoms. The second-order valence-electron chi connectivity index (χ2n) is 7.51. The fraction of sp³-hybridized carbons (Fsp3) is 0.476. The van der Waals surface area contributed by atoms with E-state index in [4.69, 9.17) is 0 Å². The first-order chi connectivity index (χ1) is 13.2. The largest absolute Gasteiger partial charge is 0.369 e. The maximum Gasteiger partial charge on any atom is 0.269 e. The lowest BCUT2D eigenvalue weighted by Gasteiger charge is -2.35. The van der Waals surface area contributed by atoms with Gasteiger partial charge in [-0.1, -0.05) is 30.3 Å². The van der Waals surface area contributed by atoms with Crippen molar-refractivity contribution in [3.05, 3.63) is 58.5 Å². The Morgan fingerprint density at radius 3 is 2.59 bits per heavy atom. The van der Waals surface area contributed by atoms with Crippen molar-refractivity contribution in [2.75, 3.05) is 31.1 Å². The first-order valence-corrected chi connectivity index (χ1v) is 9.85. The highest BCUT2D eigenvalue weighted by Crippen LogP contribution is 2.24. The fourth-order valence-electron chi connectivity index (χ4n) is 4.08. The smallest absolute Gasteiger partial charge is 0.269 e. The summed E-state index contributed by atoms with van der Waals surface area (Å²) in [6.45, 7) is 3.81. The third-order valence-corrected chi connectivity index (χ3v) is 5.58. The van der Waals surface area contributed by atoms with Gasteiger partial charge in [-0.2, -0.15) is 5.10 Å². The van der Waals surface area contributed by atoms with Gasteiger partial charge in [-0.25, -0.2) is 4.68 Å². The molecule has 0 saturated carbocycles. The van der Waals surface area contributed by atoms with Gasteiger partial charge in [-0.15, -0.1) is 0 Å². The zero-order chi connectivity index (χ0) is 18.6. The van der Waals surface area contributed by atoms with Crippen LogP contribution in [0.2, 0.25) is 0 Å². The van der Waals surface area contributed by atoms with E-state index in [0.717, 1.165) is 56.6 Å². The van der Waals surface area contributed by atoms with Gasteiger partial charge in [0.15, 0.2) is 0 Å². The molecule has 1 atom stereocenters. The monoisotopic (exact) mass is 366 g/mol. The van der Waals surface area contributed by atoms with E-state index in [-0.39, 0.29) is 17.4 Å². The summed E-state index contributed by atoms with van der Waals surface area (Å²) in [5, 5.41) is 4.36. The summed E-state index contributed by atoms with van der Waals surface area (Å²) in [5.41, 5.74) is 1.77. The Bertz CT molecular complexity index is 843. The van der Waals surface area contributed by atoms with E-state index in [1.54, 1.807) is 12.3 Å². The van der Waals surface area contributed by atoms with E-state index in [1.165, 1.54) is 4.68 Å². The molecule has 1 aromatic carbocycles. The van der Waals surface area contributed by atoms with Gasteiger partial charge in [0.05, 0.1) is 24.3 Å². The Balaban J connectivity index is 1.45. The molecule has 2 aliphatic heterocycles. The zero-order valence-electron chi connectivity index (χ0n) is 15.6. The van der Waals surface area contributed by atoms with Gasteiger partial charge >= 0.3 is 0 Å². The topological polar surface area (TPSA) is 58.4 Å². The number of hydrogen-bond donors (Lipinski definition) is 0. The summed E-state index contributed by atoms with van der Waals surface area (Å²) in [7, 11) is 0. The molecule has 2 saturated heterocycles. The van der Waals surface area contributed by atoms with Crippen LogP contribution in [-0.4, -0.2) is 46.8 Å². The van der Waals surface area contributed by atoms with Crippen LogP contribution in [0.25, 0.3) is 0 Å². The molecule has 0 unspecified atom stereocenters. The first-order valence-electron chi connectivity index (χ1n) is 9.85.